The summed E-state index contributed by atoms with van der Waals surface area (Å²) >= 11 is 4.65. The Morgan fingerprint density at radius 2 is 2.12 bits per heavy atom. The molecule has 3 aromatic rings. The molecule has 0 N–H and O–H groups in total. The first-order valence-electron chi connectivity index (χ1n) is 7.17. The molecule has 1 aromatic carbocycles. The van der Waals surface area contributed by atoms with E-state index in [1.807, 2.05) is 30.3 Å². The molecular weight excluding hydrogens is 412 g/mol. The molecule has 0 saturated carbocycles. The first-order chi connectivity index (χ1) is 12.1. The van der Waals surface area contributed by atoms with Crippen LogP contribution in [0.4, 0.5) is 0 Å². The lowest BCUT2D eigenvalue weighted by molar-refractivity contribution is -0.146. The minimum Gasteiger partial charge on any atom is -0.494 e. The zero-order valence-electron chi connectivity index (χ0n) is 13.1. The van der Waals surface area contributed by atoms with E-state index in [4.69, 9.17) is 13.9 Å². The van der Waals surface area contributed by atoms with Crippen LogP contribution in [-0.4, -0.2) is 22.9 Å². The van der Waals surface area contributed by atoms with E-state index in [1.165, 1.54) is 18.4 Å². The van der Waals surface area contributed by atoms with Crippen LogP contribution >= 0.6 is 27.3 Å². The maximum atomic E-state index is 11.9. The fraction of sp³-hybridized carbons (Fsp3) is 0.188. The Bertz CT molecular complexity index is 932. The average molecular weight is 425 g/mol. The van der Waals surface area contributed by atoms with Gasteiger partial charge in [0.05, 0.1) is 11.6 Å². The molecule has 2 aromatic heterocycles. The molecule has 0 unspecified atom stereocenters. The van der Waals surface area contributed by atoms with Gasteiger partial charge in [0.15, 0.2) is 5.75 Å². The van der Waals surface area contributed by atoms with Crippen molar-refractivity contribution in [3.63, 3.8) is 0 Å². The predicted octanol–water partition coefficient (Wildman–Crippen LogP) is 3.08. The third kappa shape index (κ3) is 3.99. The molecule has 0 spiro atoms. The van der Waals surface area contributed by atoms with Gasteiger partial charge in [-0.2, -0.15) is 4.68 Å². The first kappa shape index (κ1) is 17.4. The summed E-state index contributed by atoms with van der Waals surface area (Å²) in [5, 5.41) is 5.84. The predicted molar refractivity (Wildman–Crippen MR) is 94.6 cm³/mol. The van der Waals surface area contributed by atoms with E-state index in [1.54, 1.807) is 5.38 Å². The molecule has 0 aliphatic carbocycles. The van der Waals surface area contributed by atoms with Crippen LogP contribution in [0.3, 0.4) is 0 Å². The van der Waals surface area contributed by atoms with Crippen molar-refractivity contribution in [2.75, 3.05) is 7.11 Å². The van der Waals surface area contributed by atoms with Crippen molar-refractivity contribution in [3.8, 4) is 16.5 Å². The van der Waals surface area contributed by atoms with Crippen molar-refractivity contribution in [1.29, 1.82) is 0 Å². The monoisotopic (exact) mass is 424 g/mol. The van der Waals surface area contributed by atoms with Crippen LogP contribution in [-0.2, 0) is 22.7 Å². The molecule has 0 bridgehead atoms. The molecule has 3 rings (SSSR count). The number of hydrogen-bond acceptors (Lipinski definition) is 7. The van der Waals surface area contributed by atoms with Crippen LogP contribution in [0.15, 0.2) is 49.4 Å². The molecule has 0 fully saturated rings. The summed E-state index contributed by atoms with van der Waals surface area (Å²) in [5.41, 5.74) is 0.859. The van der Waals surface area contributed by atoms with Crippen LogP contribution < -0.4 is 10.5 Å². The van der Waals surface area contributed by atoms with Gasteiger partial charge in [0, 0.05) is 5.38 Å². The number of nitrogens with zero attached hydrogens (tertiary/aromatic N) is 2. The van der Waals surface area contributed by atoms with Crippen LogP contribution in [0.25, 0.3) is 10.8 Å². The largest absolute Gasteiger partial charge is 0.494 e. The van der Waals surface area contributed by atoms with Crippen molar-refractivity contribution in [2.45, 2.75) is 13.2 Å². The second-order valence-electron chi connectivity index (χ2n) is 4.92. The Balaban J connectivity index is 1.70. The fourth-order valence-corrected chi connectivity index (χ4v) is 3.65. The fourth-order valence-electron chi connectivity index (χ4n) is 2.07. The lowest BCUT2D eigenvalue weighted by Crippen LogP contribution is -2.22. The third-order valence-electron chi connectivity index (χ3n) is 3.23. The van der Waals surface area contributed by atoms with Gasteiger partial charge < -0.3 is 13.9 Å². The zero-order valence-corrected chi connectivity index (χ0v) is 15.5. The lowest BCUT2D eigenvalue weighted by Gasteiger charge is -2.03. The topological polar surface area (TPSA) is 83.6 Å². The van der Waals surface area contributed by atoms with Crippen molar-refractivity contribution < 1.29 is 18.7 Å². The highest BCUT2D eigenvalue weighted by molar-refractivity contribution is 9.10. The molecule has 0 radical (unpaired) electrons. The van der Waals surface area contributed by atoms with Gasteiger partial charge in [-0.05, 0) is 21.5 Å². The van der Waals surface area contributed by atoms with Gasteiger partial charge >= 0.3 is 11.7 Å². The Labute approximate surface area is 154 Å². The number of carbonyl (C=O) groups excluding carboxylic acids is 1. The highest BCUT2D eigenvalue weighted by atomic mass is 79.9. The van der Waals surface area contributed by atoms with Gasteiger partial charge in [-0.15, -0.1) is 16.4 Å². The summed E-state index contributed by atoms with van der Waals surface area (Å²) in [6, 6.07) is 9.26. The van der Waals surface area contributed by atoms with Gasteiger partial charge in [0.25, 0.3) is 5.89 Å². The van der Waals surface area contributed by atoms with Gasteiger partial charge in [0.1, 0.15) is 18.0 Å². The van der Waals surface area contributed by atoms with E-state index in [0.717, 1.165) is 14.7 Å². The molecule has 25 heavy (non-hydrogen) atoms. The van der Waals surface area contributed by atoms with Gasteiger partial charge in [-0.25, -0.2) is 4.79 Å². The van der Waals surface area contributed by atoms with Crippen molar-refractivity contribution in [2.24, 2.45) is 0 Å². The number of halogens is 1. The molecular formula is C16H13BrN2O5S. The van der Waals surface area contributed by atoms with Gasteiger partial charge in [-0.3, -0.25) is 4.79 Å². The summed E-state index contributed by atoms with van der Waals surface area (Å²) in [6.07, 6.45) is 0. The minimum absolute atomic E-state index is 0.0911. The number of methoxy groups -OCH3 is 1. The van der Waals surface area contributed by atoms with Crippen molar-refractivity contribution in [3.05, 3.63) is 56.3 Å². The highest BCUT2D eigenvalue weighted by Gasteiger charge is 2.20. The first-order valence-corrected chi connectivity index (χ1v) is 8.84. The number of ether oxygens (including phenoxy) is 2. The van der Waals surface area contributed by atoms with E-state index >= 15 is 0 Å². The van der Waals surface area contributed by atoms with E-state index < -0.39 is 11.7 Å². The molecule has 0 saturated heterocycles. The number of hydrogen-bond donors (Lipinski definition) is 0. The quantitative estimate of drug-likeness (QED) is 0.565. The normalized spacial score (nSPS) is 10.6. The van der Waals surface area contributed by atoms with Gasteiger partial charge in [-0.1, -0.05) is 30.3 Å². The number of thiophene rings is 1. The number of esters is 1. The second kappa shape index (κ2) is 7.66. The average Bonchev–Trinajstić information content (AvgIpc) is 3.16. The van der Waals surface area contributed by atoms with Gasteiger partial charge in [0.2, 0.25) is 0 Å². The van der Waals surface area contributed by atoms with Crippen molar-refractivity contribution in [1.82, 2.24) is 9.78 Å². The van der Waals surface area contributed by atoms with Crippen LogP contribution in [0.5, 0.6) is 5.75 Å². The maximum absolute atomic E-state index is 11.9. The van der Waals surface area contributed by atoms with E-state index in [2.05, 4.69) is 21.0 Å². The highest BCUT2D eigenvalue weighted by Crippen LogP contribution is 2.40. The van der Waals surface area contributed by atoms with E-state index in [0.29, 0.717) is 10.6 Å². The van der Waals surface area contributed by atoms with Crippen LogP contribution in [0.2, 0.25) is 0 Å². The number of benzene rings is 1. The smallest absolute Gasteiger partial charge is 0.437 e. The molecule has 0 atom stereocenters. The molecule has 7 nitrogen and oxygen atoms in total. The molecule has 2 heterocycles. The lowest BCUT2D eigenvalue weighted by atomic mass is 10.2. The Morgan fingerprint density at radius 3 is 2.84 bits per heavy atom. The van der Waals surface area contributed by atoms with E-state index in [-0.39, 0.29) is 19.0 Å². The Kier molecular flexibility index (Phi) is 5.34. The summed E-state index contributed by atoms with van der Waals surface area (Å²) in [5.74, 6) is -0.707. The summed E-state index contributed by atoms with van der Waals surface area (Å²) in [4.78, 5) is 24.4. The molecule has 130 valence electrons. The number of carbonyl (C=O) groups is 1. The summed E-state index contributed by atoms with van der Waals surface area (Å²) in [7, 11) is 1.51. The number of rotatable bonds is 6. The number of aromatic nitrogens is 2. The van der Waals surface area contributed by atoms with Crippen LogP contribution in [0, 0.1) is 0 Å². The minimum atomic E-state index is -0.738. The molecule has 0 aliphatic heterocycles. The third-order valence-corrected chi connectivity index (χ3v) is 5.07. The SMILES string of the molecule is COc1c(Br)csc1-c1nn(CC(=O)OCc2ccccc2)c(=O)o1. The Morgan fingerprint density at radius 1 is 1.36 bits per heavy atom. The molecule has 0 amide bonds. The van der Waals surface area contributed by atoms with Crippen LogP contribution in [0.1, 0.15) is 5.56 Å². The summed E-state index contributed by atoms with van der Waals surface area (Å²) < 4.78 is 17.2. The molecule has 9 heteroatoms. The summed E-state index contributed by atoms with van der Waals surface area (Å²) in [6.45, 7) is -0.200. The van der Waals surface area contributed by atoms with E-state index in [9.17, 15) is 9.59 Å². The molecule has 0 aliphatic rings. The van der Waals surface area contributed by atoms with Crippen molar-refractivity contribution >= 4 is 33.2 Å². The Hall–Kier alpha value is -2.39. The maximum Gasteiger partial charge on any atom is 0.437 e. The zero-order chi connectivity index (χ0) is 17.8. The standard InChI is InChI=1S/C16H13BrN2O5S/c1-22-13-11(17)9-25-14(13)15-18-19(16(21)24-15)7-12(20)23-8-10-5-3-2-4-6-10/h2-6,9H,7-8H2,1H3. The second-order valence-corrected chi connectivity index (χ2v) is 6.66.